The molecule has 11 heteroatoms. The third kappa shape index (κ3) is 4.54. The molecule has 0 aliphatic carbocycles. The first kappa shape index (κ1) is 25.1. The Morgan fingerprint density at radius 2 is 1.90 bits per heavy atom. The topological polar surface area (TPSA) is 158 Å². The van der Waals surface area contributed by atoms with Gasteiger partial charge in [-0.25, -0.2) is 4.79 Å². The third-order valence-electron chi connectivity index (χ3n) is 6.55. The van der Waals surface area contributed by atoms with Gasteiger partial charge in [-0.15, -0.1) is 4.99 Å². The summed E-state index contributed by atoms with van der Waals surface area (Å²) in [4.78, 5) is 28.5. The van der Waals surface area contributed by atoms with Crippen LogP contribution >= 0.6 is 0 Å². The van der Waals surface area contributed by atoms with Crippen molar-refractivity contribution in [2.75, 3.05) is 0 Å². The van der Waals surface area contributed by atoms with Gasteiger partial charge in [-0.05, 0) is 55.3 Å². The number of pyridine rings is 3. The first-order valence-corrected chi connectivity index (χ1v) is 12.0. The van der Waals surface area contributed by atoms with Crippen molar-refractivity contribution >= 4 is 28.0 Å². The normalized spacial score (nSPS) is 11.9. The van der Waals surface area contributed by atoms with Crippen LogP contribution in [0, 0.1) is 22.8 Å². The zero-order valence-electron chi connectivity index (χ0n) is 21.4. The van der Waals surface area contributed by atoms with Crippen LogP contribution in [0.4, 0.5) is 4.79 Å². The molecule has 0 radical (unpaired) electrons. The number of nitrogens with zero attached hydrogens (tertiary/aromatic N) is 8. The second kappa shape index (κ2) is 9.72. The number of nitrogens with one attached hydrogen (secondary N) is 1. The maximum Gasteiger partial charge on any atom is 0.404 e. The maximum atomic E-state index is 10.9. The number of hydrogen-bond donors (Lipinski definition) is 2. The quantitative estimate of drug-likeness (QED) is 0.334. The summed E-state index contributed by atoms with van der Waals surface area (Å²) in [5.74, 6) is 0. The molecule has 0 atom stereocenters. The minimum Gasteiger partial charge on any atom is -0.465 e. The number of fused-ring (bicyclic) bond motifs is 3. The second-order valence-corrected chi connectivity index (χ2v) is 9.51. The maximum absolute atomic E-state index is 10.9. The fourth-order valence-electron chi connectivity index (χ4n) is 4.47. The summed E-state index contributed by atoms with van der Waals surface area (Å²) in [6.45, 7) is 3.75. The van der Waals surface area contributed by atoms with E-state index in [1.807, 2.05) is 48.1 Å². The van der Waals surface area contributed by atoms with Crippen LogP contribution in [0.2, 0.25) is 0 Å². The molecule has 1 aromatic carbocycles. The van der Waals surface area contributed by atoms with E-state index >= 15 is 0 Å². The lowest BCUT2D eigenvalue weighted by molar-refractivity contribution is 0.194. The first-order valence-electron chi connectivity index (χ1n) is 12.0. The van der Waals surface area contributed by atoms with Crippen LogP contribution in [0.1, 0.15) is 25.1 Å². The number of benzene rings is 1. The average Bonchev–Trinajstić information content (AvgIpc) is 3.23. The lowest BCUT2D eigenvalue weighted by Gasteiger charge is -2.15. The Hall–Kier alpha value is -5.55. The van der Waals surface area contributed by atoms with E-state index in [9.17, 15) is 15.3 Å². The molecular formula is C28H23N9O2. The van der Waals surface area contributed by atoms with E-state index in [4.69, 9.17) is 5.11 Å². The predicted octanol–water partition coefficient (Wildman–Crippen LogP) is 3.92. The Balaban J connectivity index is 1.75. The highest BCUT2D eigenvalue weighted by Crippen LogP contribution is 2.30. The Morgan fingerprint density at radius 1 is 1.08 bits per heavy atom. The van der Waals surface area contributed by atoms with Crippen LogP contribution < -0.4 is 10.9 Å². The molecule has 0 bridgehead atoms. The van der Waals surface area contributed by atoms with Gasteiger partial charge in [0, 0.05) is 36.9 Å². The Morgan fingerprint density at radius 3 is 2.59 bits per heavy atom. The predicted molar refractivity (Wildman–Crippen MR) is 143 cm³/mol. The molecule has 0 aliphatic heterocycles. The number of carboxylic acid groups (broad SMARTS) is 1. The molecule has 192 valence electrons. The van der Waals surface area contributed by atoms with Gasteiger partial charge >= 0.3 is 6.09 Å². The summed E-state index contributed by atoms with van der Waals surface area (Å²) in [7, 11) is 1.82. The van der Waals surface area contributed by atoms with Gasteiger partial charge in [-0.2, -0.15) is 10.5 Å². The molecule has 2 N–H and O–H groups in total. The van der Waals surface area contributed by atoms with Gasteiger partial charge in [-0.3, -0.25) is 19.5 Å². The van der Waals surface area contributed by atoms with E-state index in [-0.39, 0.29) is 6.54 Å². The van der Waals surface area contributed by atoms with Crippen molar-refractivity contribution in [2.24, 2.45) is 12.0 Å². The second-order valence-electron chi connectivity index (χ2n) is 9.51. The zero-order valence-corrected chi connectivity index (χ0v) is 21.4. The highest BCUT2D eigenvalue weighted by atomic mass is 16.4. The zero-order chi connectivity index (χ0) is 27.7. The molecule has 0 saturated carbocycles. The smallest absolute Gasteiger partial charge is 0.404 e. The van der Waals surface area contributed by atoms with Gasteiger partial charge in [0.25, 0.3) is 0 Å². The Kier molecular flexibility index (Phi) is 6.26. The van der Waals surface area contributed by atoms with Gasteiger partial charge in [0.2, 0.25) is 11.8 Å². The fraction of sp³-hybridized carbons (Fsp3) is 0.179. The van der Waals surface area contributed by atoms with Crippen LogP contribution in [0.15, 0.2) is 66.2 Å². The summed E-state index contributed by atoms with van der Waals surface area (Å²) in [6.07, 6.45) is 7.53. The molecule has 11 nitrogen and oxygen atoms in total. The number of aryl methyl sites for hydroxylation is 1. The van der Waals surface area contributed by atoms with Gasteiger partial charge in [0.05, 0.1) is 51.8 Å². The van der Waals surface area contributed by atoms with E-state index < -0.39 is 11.5 Å². The lowest BCUT2D eigenvalue weighted by Crippen LogP contribution is -2.23. The van der Waals surface area contributed by atoms with Gasteiger partial charge in [0.1, 0.15) is 0 Å². The molecule has 5 aromatic rings. The number of amides is 1. The molecule has 4 aromatic heterocycles. The van der Waals surface area contributed by atoms with E-state index in [0.29, 0.717) is 17.0 Å². The van der Waals surface area contributed by atoms with Crippen LogP contribution in [-0.4, -0.2) is 35.3 Å². The van der Waals surface area contributed by atoms with E-state index in [1.54, 1.807) is 49.3 Å². The van der Waals surface area contributed by atoms with Crippen molar-refractivity contribution in [3.8, 4) is 29.1 Å². The van der Waals surface area contributed by atoms with Crippen molar-refractivity contribution in [1.82, 2.24) is 29.4 Å². The summed E-state index contributed by atoms with van der Waals surface area (Å²) in [5.41, 5.74) is 5.62. The fourth-order valence-corrected chi connectivity index (χ4v) is 4.47. The molecule has 0 fully saturated rings. The molecular weight excluding hydrogens is 494 g/mol. The van der Waals surface area contributed by atoms with Crippen LogP contribution in [0.5, 0.6) is 0 Å². The van der Waals surface area contributed by atoms with Gasteiger partial charge in [0.15, 0.2) is 0 Å². The van der Waals surface area contributed by atoms with Gasteiger partial charge in [-0.1, -0.05) is 6.07 Å². The molecule has 0 saturated heterocycles. The number of rotatable bonds is 5. The van der Waals surface area contributed by atoms with E-state index in [1.165, 1.54) is 0 Å². The van der Waals surface area contributed by atoms with E-state index in [0.717, 1.165) is 38.6 Å². The standard InChI is InChI=1S/C28H23N9O2/c1-28(2,15-29)24-7-5-20(13-33-24)37-25-21-9-18(19-8-17(10-31-12-19)11-34-27(38)39)4-6-22(21)32-14-23(25)36(3)26(37)35-16-30/h4-10,12-14,34H,11H2,1-3H3,(H,38,39)/b35-26-. The number of hydrogen-bond acceptors (Lipinski definition) is 7. The Bertz CT molecular complexity index is 1900. The monoisotopic (exact) mass is 517 g/mol. The Labute approximate surface area is 223 Å². The van der Waals surface area contributed by atoms with Crippen LogP contribution in [-0.2, 0) is 19.0 Å². The summed E-state index contributed by atoms with van der Waals surface area (Å²) < 4.78 is 3.65. The molecule has 5 rings (SSSR count). The number of nitriles is 2. The molecule has 0 unspecified atom stereocenters. The highest BCUT2D eigenvalue weighted by molar-refractivity contribution is 6.04. The van der Waals surface area contributed by atoms with Gasteiger partial charge < -0.3 is 15.0 Å². The minimum absolute atomic E-state index is 0.138. The molecule has 4 heterocycles. The van der Waals surface area contributed by atoms with Crippen molar-refractivity contribution in [2.45, 2.75) is 25.8 Å². The van der Waals surface area contributed by atoms with Crippen molar-refractivity contribution in [1.29, 1.82) is 10.5 Å². The number of imidazole rings is 1. The largest absolute Gasteiger partial charge is 0.465 e. The van der Waals surface area contributed by atoms with Crippen molar-refractivity contribution in [3.63, 3.8) is 0 Å². The average molecular weight is 518 g/mol. The molecule has 39 heavy (non-hydrogen) atoms. The third-order valence-corrected chi connectivity index (χ3v) is 6.55. The number of aromatic nitrogens is 5. The molecule has 0 aliphatic rings. The lowest BCUT2D eigenvalue weighted by atomic mass is 9.91. The summed E-state index contributed by atoms with van der Waals surface area (Å²) >= 11 is 0. The van der Waals surface area contributed by atoms with Crippen molar-refractivity contribution in [3.05, 3.63) is 78.1 Å². The summed E-state index contributed by atoms with van der Waals surface area (Å²) in [6, 6.07) is 13.6. The van der Waals surface area contributed by atoms with Crippen molar-refractivity contribution < 1.29 is 9.90 Å². The summed E-state index contributed by atoms with van der Waals surface area (Å²) in [5, 5.41) is 31.1. The van der Waals surface area contributed by atoms with Crippen LogP contribution in [0.25, 0.3) is 38.8 Å². The first-order chi connectivity index (χ1) is 18.7. The highest BCUT2D eigenvalue weighted by Gasteiger charge is 2.22. The SMILES string of the molecule is Cn1/c(=N/C#N)n(-c2ccc(C(C)(C)C#N)nc2)c2c3cc(-c4cncc(CNC(=O)O)c4)ccc3ncc21. The number of carbonyl (C=O) groups is 1. The molecule has 0 spiro atoms. The molecule has 1 amide bonds. The minimum atomic E-state index is -1.11. The van der Waals surface area contributed by atoms with Crippen LogP contribution in [0.3, 0.4) is 0 Å². The van der Waals surface area contributed by atoms with E-state index in [2.05, 4.69) is 31.3 Å².